The van der Waals surface area contributed by atoms with Gasteiger partial charge in [-0.3, -0.25) is 4.79 Å². The van der Waals surface area contributed by atoms with Crippen molar-refractivity contribution in [3.8, 4) is 0 Å². The fourth-order valence-corrected chi connectivity index (χ4v) is 3.51. The predicted octanol–water partition coefficient (Wildman–Crippen LogP) is 2.18. The van der Waals surface area contributed by atoms with Gasteiger partial charge in [-0.2, -0.15) is 0 Å². The van der Waals surface area contributed by atoms with E-state index in [4.69, 9.17) is 4.74 Å². The van der Waals surface area contributed by atoms with Crippen LogP contribution in [-0.2, 0) is 9.53 Å². The smallest absolute Gasteiger partial charge is 0.251 e. The number of carbonyl (C=O) groups is 1. The number of rotatable bonds is 6. The Hall–Kier alpha value is -0.610. The van der Waals surface area contributed by atoms with Gasteiger partial charge in [0, 0.05) is 25.7 Å². The molecule has 0 spiro atoms. The maximum absolute atomic E-state index is 12.1. The number of nitrogens with zero attached hydrogens (tertiary/aromatic N) is 1. The lowest BCUT2D eigenvalue weighted by Gasteiger charge is -2.25. The third-order valence-electron chi connectivity index (χ3n) is 4.76. The zero-order valence-corrected chi connectivity index (χ0v) is 13.3. The van der Waals surface area contributed by atoms with Gasteiger partial charge in [0.1, 0.15) is 5.60 Å². The zero-order chi connectivity index (χ0) is 14.6. The normalized spacial score (nSPS) is 25.2. The largest absolute Gasteiger partial charge is 0.366 e. The van der Waals surface area contributed by atoms with Crippen molar-refractivity contribution in [1.29, 1.82) is 0 Å². The fourth-order valence-electron chi connectivity index (χ4n) is 3.51. The van der Waals surface area contributed by atoms with Gasteiger partial charge in [-0.1, -0.05) is 12.8 Å². The highest BCUT2D eigenvalue weighted by Crippen LogP contribution is 2.28. The number of nitrogens with one attached hydrogen (secondary N) is 1. The molecule has 20 heavy (non-hydrogen) atoms. The van der Waals surface area contributed by atoms with Gasteiger partial charge in [0.2, 0.25) is 0 Å². The van der Waals surface area contributed by atoms with Gasteiger partial charge >= 0.3 is 0 Å². The molecular formula is C16H30N2O2. The summed E-state index contributed by atoms with van der Waals surface area (Å²) in [6.07, 6.45) is 6.75. The molecule has 0 aromatic carbocycles. The van der Waals surface area contributed by atoms with Crippen LogP contribution in [0.25, 0.3) is 0 Å². The van der Waals surface area contributed by atoms with E-state index in [2.05, 4.69) is 10.2 Å². The maximum Gasteiger partial charge on any atom is 0.251 e. The molecule has 1 saturated heterocycles. The van der Waals surface area contributed by atoms with Crippen LogP contribution in [0.2, 0.25) is 0 Å². The molecule has 1 saturated carbocycles. The second kappa shape index (κ2) is 6.90. The number of likely N-dealkylation sites (tertiary alicyclic amines) is 1. The van der Waals surface area contributed by atoms with Crippen LogP contribution in [0.15, 0.2) is 0 Å². The van der Waals surface area contributed by atoms with Gasteiger partial charge in [-0.05, 0) is 52.5 Å². The van der Waals surface area contributed by atoms with Crippen molar-refractivity contribution in [2.45, 2.75) is 64.5 Å². The van der Waals surface area contributed by atoms with Crippen molar-refractivity contribution in [1.82, 2.24) is 10.2 Å². The van der Waals surface area contributed by atoms with Gasteiger partial charge in [0.05, 0.1) is 0 Å². The van der Waals surface area contributed by atoms with Crippen LogP contribution < -0.4 is 5.32 Å². The van der Waals surface area contributed by atoms with Gasteiger partial charge in [-0.25, -0.2) is 0 Å². The second-order valence-electron chi connectivity index (χ2n) is 6.74. The van der Waals surface area contributed by atoms with Crippen molar-refractivity contribution >= 4 is 5.91 Å². The first kappa shape index (κ1) is 15.8. The summed E-state index contributed by atoms with van der Waals surface area (Å²) in [5, 5.41) is 3.07. The summed E-state index contributed by atoms with van der Waals surface area (Å²) in [6, 6.07) is 0.815. The van der Waals surface area contributed by atoms with Crippen molar-refractivity contribution in [3.63, 3.8) is 0 Å². The molecule has 4 nitrogen and oxygen atoms in total. The van der Waals surface area contributed by atoms with Gasteiger partial charge in [-0.15, -0.1) is 0 Å². The molecule has 0 bridgehead atoms. The first-order chi connectivity index (χ1) is 9.53. The van der Waals surface area contributed by atoms with E-state index >= 15 is 0 Å². The van der Waals surface area contributed by atoms with E-state index in [-0.39, 0.29) is 5.91 Å². The SMILES string of the molecule is CCOC(C)(C)C(=O)NC[C@@H]1CCN(C2CCCC2)C1. The van der Waals surface area contributed by atoms with Crippen LogP contribution in [0.4, 0.5) is 0 Å². The summed E-state index contributed by atoms with van der Waals surface area (Å²) >= 11 is 0. The minimum Gasteiger partial charge on any atom is -0.366 e. The highest BCUT2D eigenvalue weighted by Gasteiger charge is 2.32. The number of amides is 1. The Morgan fingerprint density at radius 1 is 1.30 bits per heavy atom. The molecule has 0 aromatic heterocycles. The topological polar surface area (TPSA) is 41.6 Å². The Labute approximate surface area is 123 Å². The van der Waals surface area contributed by atoms with Crippen molar-refractivity contribution in [2.75, 3.05) is 26.2 Å². The first-order valence-corrected chi connectivity index (χ1v) is 8.19. The molecule has 1 N–H and O–H groups in total. The Kier molecular flexibility index (Phi) is 5.44. The molecule has 0 unspecified atom stereocenters. The van der Waals surface area contributed by atoms with Gasteiger partial charge < -0.3 is 15.0 Å². The van der Waals surface area contributed by atoms with Crippen LogP contribution in [0, 0.1) is 5.92 Å². The monoisotopic (exact) mass is 282 g/mol. The number of carbonyl (C=O) groups excluding carboxylic acids is 1. The molecule has 0 radical (unpaired) electrons. The minimum atomic E-state index is -0.710. The first-order valence-electron chi connectivity index (χ1n) is 8.19. The predicted molar refractivity (Wildman–Crippen MR) is 80.7 cm³/mol. The van der Waals surface area contributed by atoms with E-state index in [9.17, 15) is 4.79 Å². The van der Waals surface area contributed by atoms with E-state index in [1.165, 1.54) is 38.6 Å². The third kappa shape index (κ3) is 3.95. The standard InChI is InChI=1S/C16H30N2O2/c1-4-20-16(2,3)15(19)17-11-13-9-10-18(12-13)14-7-5-6-8-14/h13-14H,4-12H2,1-3H3,(H,17,19)/t13-/m0/s1. The molecule has 2 rings (SSSR count). The summed E-state index contributed by atoms with van der Waals surface area (Å²) < 4.78 is 5.49. The lowest BCUT2D eigenvalue weighted by atomic mass is 10.1. The van der Waals surface area contributed by atoms with Crippen molar-refractivity contribution < 1.29 is 9.53 Å². The molecular weight excluding hydrogens is 252 g/mol. The Morgan fingerprint density at radius 3 is 2.65 bits per heavy atom. The summed E-state index contributed by atoms with van der Waals surface area (Å²) in [7, 11) is 0. The van der Waals surface area contributed by atoms with Crippen molar-refractivity contribution in [2.24, 2.45) is 5.92 Å². The molecule has 1 aliphatic carbocycles. The number of hydrogen-bond acceptors (Lipinski definition) is 3. The summed E-state index contributed by atoms with van der Waals surface area (Å²) in [4.78, 5) is 14.7. The van der Waals surface area contributed by atoms with Crippen LogP contribution in [-0.4, -0.2) is 48.7 Å². The fraction of sp³-hybridized carbons (Fsp3) is 0.938. The van der Waals surface area contributed by atoms with Crippen LogP contribution >= 0.6 is 0 Å². The molecule has 116 valence electrons. The Balaban J connectivity index is 1.71. The number of hydrogen-bond donors (Lipinski definition) is 1. The Morgan fingerprint density at radius 2 is 2.00 bits per heavy atom. The van der Waals surface area contributed by atoms with Crippen LogP contribution in [0.3, 0.4) is 0 Å². The zero-order valence-electron chi connectivity index (χ0n) is 13.3. The summed E-state index contributed by atoms with van der Waals surface area (Å²) in [5.74, 6) is 0.621. The molecule has 1 atom stereocenters. The van der Waals surface area contributed by atoms with E-state index in [1.54, 1.807) is 0 Å². The summed E-state index contributed by atoms with van der Waals surface area (Å²) in [6.45, 7) is 9.32. The average molecular weight is 282 g/mol. The highest BCUT2D eigenvalue weighted by molar-refractivity contribution is 5.84. The molecule has 1 amide bonds. The lowest BCUT2D eigenvalue weighted by molar-refractivity contribution is -0.142. The minimum absolute atomic E-state index is 0.0127. The summed E-state index contributed by atoms with van der Waals surface area (Å²) in [5.41, 5.74) is -0.710. The lowest BCUT2D eigenvalue weighted by Crippen LogP contribution is -2.46. The second-order valence-corrected chi connectivity index (χ2v) is 6.74. The average Bonchev–Trinajstić information content (AvgIpc) is 3.06. The molecule has 1 heterocycles. The quantitative estimate of drug-likeness (QED) is 0.812. The van der Waals surface area contributed by atoms with E-state index in [1.807, 2.05) is 20.8 Å². The molecule has 1 aliphatic heterocycles. The Bertz CT molecular complexity index is 324. The van der Waals surface area contributed by atoms with E-state index < -0.39 is 5.60 Å². The van der Waals surface area contributed by atoms with E-state index in [0.717, 1.165) is 19.1 Å². The third-order valence-corrected chi connectivity index (χ3v) is 4.76. The van der Waals surface area contributed by atoms with Crippen LogP contribution in [0.5, 0.6) is 0 Å². The van der Waals surface area contributed by atoms with Gasteiger partial charge in [0.25, 0.3) is 5.91 Å². The molecule has 4 heteroatoms. The molecule has 2 aliphatic rings. The molecule has 0 aromatic rings. The van der Waals surface area contributed by atoms with E-state index in [0.29, 0.717) is 12.5 Å². The highest BCUT2D eigenvalue weighted by atomic mass is 16.5. The molecule has 2 fully saturated rings. The van der Waals surface area contributed by atoms with Crippen LogP contribution in [0.1, 0.15) is 52.9 Å². The number of ether oxygens (including phenoxy) is 1. The maximum atomic E-state index is 12.1. The van der Waals surface area contributed by atoms with Gasteiger partial charge in [0.15, 0.2) is 0 Å². The van der Waals surface area contributed by atoms with Crippen molar-refractivity contribution in [3.05, 3.63) is 0 Å².